The molecule has 1 aliphatic heterocycles. The number of urea groups is 2. The minimum absolute atomic E-state index is 0.212. The molecule has 0 saturated heterocycles. The Bertz CT molecular complexity index is 1030. The lowest BCUT2D eigenvalue weighted by Gasteiger charge is -2.35. The number of hydrogen-bond acceptors (Lipinski definition) is 3. The van der Waals surface area contributed by atoms with E-state index in [4.69, 9.17) is 17.3 Å². The van der Waals surface area contributed by atoms with E-state index in [2.05, 4.69) is 10.6 Å². The highest BCUT2D eigenvalue weighted by molar-refractivity contribution is 6.30. The molecule has 7 nitrogen and oxygen atoms in total. The predicted molar refractivity (Wildman–Crippen MR) is 115 cm³/mol. The van der Waals surface area contributed by atoms with Crippen LogP contribution < -0.4 is 16.4 Å². The van der Waals surface area contributed by atoms with Crippen molar-refractivity contribution in [1.29, 1.82) is 0 Å². The zero-order chi connectivity index (χ0) is 21.7. The van der Waals surface area contributed by atoms with E-state index < -0.39 is 24.0 Å². The van der Waals surface area contributed by atoms with Gasteiger partial charge in [0.05, 0.1) is 5.57 Å². The first kappa shape index (κ1) is 21.1. The van der Waals surface area contributed by atoms with Crippen LogP contribution in [0, 0.1) is 0 Å². The topological polar surface area (TPSA) is 105 Å². The molecule has 4 N–H and O–H groups in total. The van der Waals surface area contributed by atoms with Gasteiger partial charge in [-0.2, -0.15) is 0 Å². The normalized spacial score (nSPS) is 16.5. The van der Waals surface area contributed by atoms with Gasteiger partial charge < -0.3 is 16.4 Å². The number of imide groups is 1. The van der Waals surface area contributed by atoms with Crippen LogP contribution in [0.3, 0.4) is 0 Å². The van der Waals surface area contributed by atoms with Gasteiger partial charge in [-0.1, -0.05) is 66.2 Å². The number of carbonyl (C=O) groups excluding carboxylic acids is 3. The smallest absolute Gasteiger partial charge is 0.330 e. The molecule has 154 valence electrons. The van der Waals surface area contributed by atoms with E-state index in [-0.39, 0.29) is 12.1 Å². The van der Waals surface area contributed by atoms with Gasteiger partial charge in [0.1, 0.15) is 6.04 Å². The predicted octanol–water partition coefficient (Wildman–Crippen LogP) is 3.59. The zero-order valence-electron chi connectivity index (χ0n) is 16.3. The van der Waals surface area contributed by atoms with Crippen LogP contribution in [0.4, 0.5) is 9.59 Å². The molecule has 0 radical (unpaired) electrons. The Labute approximate surface area is 179 Å². The quantitative estimate of drug-likeness (QED) is 0.683. The summed E-state index contributed by atoms with van der Waals surface area (Å²) in [5.41, 5.74) is 7.50. The van der Waals surface area contributed by atoms with Gasteiger partial charge in [-0.15, -0.1) is 0 Å². The largest absolute Gasteiger partial charge is 0.351 e. The van der Waals surface area contributed by atoms with Gasteiger partial charge in [-0.05, 0) is 30.2 Å². The number of halogens is 1. The van der Waals surface area contributed by atoms with E-state index in [1.807, 2.05) is 42.5 Å². The SMILES string of the molecule is CC1=C(C(=O)NCC=Cc2ccccc2)C(c2cccc(Cl)c2)N(C(N)=O)C(=O)N1. The van der Waals surface area contributed by atoms with Crippen LogP contribution in [0.15, 0.2) is 71.9 Å². The third kappa shape index (κ3) is 4.69. The van der Waals surface area contributed by atoms with Crippen molar-refractivity contribution >= 4 is 35.6 Å². The number of amides is 5. The lowest BCUT2D eigenvalue weighted by molar-refractivity contribution is -0.117. The molecule has 0 bridgehead atoms. The van der Waals surface area contributed by atoms with Crippen LogP contribution in [-0.4, -0.2) is 29.4 Å². The summed E-state index contributed by atoms with van der Waals surface area (Å²) in [7, 11) is 0. The Morgan fingerprint density at radius 3 is 2.60 bits per heavy atom. The van der Waals surface area contributed by atoms with Crippen LogP contribution in [-0.2, 0) is 4.79 Å². The van der Waals surface area contributed by atoms with Gasteiger partial charge in [0.25, 0.3) is 5.91 Å². The van der Waals surface area contributed by atoms with Gasteiger partial charge in [0.2, 0.25) is 0 Å². The molecule has 0 spiro atoms. The minimum Gasteiger partial charge on any atom is -0.351 e. The number of benzene rings is 2. The maximum absolute atomic E-state index is 13.0. The first-order chi connectivity index (χ1) is 14.4. The maximum atomic E-state index is 13.0. The molecule has 0 aliphatic carbocycles. The molecule has 1 unspecified atom stereocenters. The van der Waals surface area contributed by atoms with Gasteiger partial charge >= 0.3 is 12.1 Å². The first-order valence-corrected chi connectivity index (χ1v) is 9.62. The summed E-state index contributed by atoms with van der Waals surface area (Å²) in [6.45, 7) is 1.86. The fourth-order valence-corrected chi connectivity index (χ4v) is 3.46. The molecular weight excluding hydrogens is 404 g/mol. The molecule has 2 aromatic rings. The Balaban J connectivity index is 1.87. The van der Waals surface area contributed by atoms with Crippen LogP contribution >= 0.6 is 11.6 Å². The van der Waals surface area contributed by atoms with Crippen molar-refractivity contribution in [2.75, 3.05) is 6.54 Å². The summed E-state index contributed by atoms with van der Waals surface area (Å²) in [5.74, 6) is -0.429. The number of rotatable bonds is 5. The highest BCUT2D eigenvalue weighted by Gasteiger charge is 2.40. The Morgan fingerprint density at radius 1 is 1.20 bits per heavy atom. The van der Waals surface area contributed by atoms with E-state index in [1.165, 1.54) is 0 Å². The number of primary amides is 1. The second-order valence-corrected chi connectivity index (χ2v) is 7.09. The summed E-state index contributed by atoms with van der Waals surface area (Å²) in [5, 5.41) is 5.73. The van der Waals surface area contributed by atoms with Gasteiger partial charge in [-0.25, -0.2) is 14.5 Å². The molecule has 1 heterocycles. The first-order valence-electron chi connectivity index (χ1n) is 9.24. The molecule has 3 rings (SSSR count). The molecule has 2 aromatic carbocycles. The Hall–Kier alpha value is -3.58. The van der Waals surface area contributed by atoms with Crippen LogP contribution in [0.5, 0.6) is 0 Å². The fourth-order valence-electron chi connectivity index (χ4n) is 3.26. The summed E-state index contributed by atoms with van der Waals surface area (Å²) in [6, 6.07) is 13.6. The van der Waals surface area contributed by atoms with E-state index in [9.17, 15) is 14.4 Å². The molecule has 0 saturated carbocycles. The molecule has 1 atom stereocenters. The monoisotopic (exact) mass is 424 g/mol. The van der Waals surface area contributed by atoms with Crippen molar-refractivity contribution in [2.24, 2.45) is 5.73 Å². The number of hydrogen-bond donors (Lipinski definition) is 3. The maximum Gasteiger partial charge on any atom is 0.330 e. The average Bonchev–Trinajstić information content (AvgIpc) is 2.71. The third-order valence-corrected chi connectivity index (χ3v) is 4.82. The van der Waals surface area contributed by atoms with Crippen molar-refractivity contribution in [3.05, 3.63) is 88.1 Å². The van der Waals surface area contributed by atoms with Gasteiger partial charge in [0, 0.05) is 17.3 Å². The second kappa shape index (κ2) is 9.28. The third-order valence-electron chi connectivity index (χ3n) is 4.59. The van der Waals surface area contributed by atoms with E-state index in [0.717, 1.165) is 10.5 Å². The standard InChI is InChI=1S/C22H21ClN4O3/c1-14-18(20(28)25-12-6-9-15-7-3-2-4-8-15)19(16-10-5-11-17(23)13-16)27(21(24)29)22(30)26-14/h2-11,13,19H,12H2,1H3,(H2,24,29)(H,25,28)(H,26,30). The summed E-state index contributed by atoms with van der Waals surface area (Å²) < 4.78 is 0. The van der Waals surface area contributed by atoms with Gasteiger partial charge in [0.15, 0.2) is 0 Å². The highest BCUT2D eigenvalue weighted by atomic mass is 35.5. The lowest BCUT2D eigenvalue weighted by atomic mass is 9.93. The van der Waals surface area contributed by atoms with Crippen molar-refractivity contribution in [2.45, 2.75) is 13.0 Å². The molecule has 0 fully saturated rings. The number of nitrogens with two attached hydrogens (primary N) is 1. The van der Waals surface area contributed by atoms with Crippen molar-refractivity contribution < 1.29 is 14.4 Å². The zero-order valence-corrected chi connectivity index (χ0v) is 17.0. The molecule has 30 heavy (non-hydrogen) atoms. The van der Waals surface area contributed by atoms with E-state index in [0.29, 0.717) is 16.3 Å². The summed E-state index contributed by atoms with van der Waals surface area (Å²) in [6.07, 6.45) is 3.69. The lowest BCUT2D eigenvalue weighted by Crippen LogP contribution is -2.53. The minimum atomic E-state index is -0.993. The molecule has 1 aliphatic rings. The van der Waals surface area contributed by atoms with Crippen LogP contribution in [0.2, 0.25) is 5.02 Å². The van der Waals surface area contributed by atoms with Crippen molar-refractivity contribution in [1.82, 2.24) is 15.5 Å². The second-order valence-electron chi connectivity index (χ2n) is 6.66. The molecular formula is C22H21ClN4O3. The highest BCUT2D eigenvalue weighted by Crippen LogP contribution is 2.34. The number of nitrogens with zero attached hydrogens (tertiary/aromatic N) is 1. The molecule has 8 heteroatoms. The Kier molecular flexibility index (Phi) is 6.54. The summed E-state index contributed by atoms with van der Waals surface area (Å²) in [4.78, 5) is 38.2. The Morgan fingerprint density at radius 2 is 1.93 bits per heavy atom. The number of nitrogens with one attached hydrogen (secondary N) is 2. The number of carbonyl (C=O) groups is 3. The summed E-state index contributed by atoms with van der Waals surface area (Å²) >= 11 is 6.09. The van der Waals surface area contributed by atoms with E-state index >= 15 is 0 Å². The van der Waals surface area contributed by atoms with Crippen LogP contribution in [0.1, 0.15) is 24.1 Å². The number of allylic oxidation sites excluding steroid dienone is 1. The van der Waals surface area contributed by atoms with Crippen molar-refractivity contribution in [3.63, 3.8) is 0 Å². The van der Waals surface area contributed by atoms with Crippen LogP contribution in [0.25, 0.3) is 6.08 Å². The average molecular weight is 425 g/mol. The molecule has 5 amide bonds. The fraction of sp³-hybridized carbons (Fsp3) is 0.136. The van der Waals surface area contributed by atoms with Crippen molar-refractivity contribution in [3.8, 4) is 0 Å². The molecule has 0 aromatic heterocycles. The van der Waals surface area contributed by atoms with E-state index in [1.54, 1.807) is 31.2 Å². The van der Waals surface area contributed by atoms with Gasteiger partial charge in [-0.3, -0.25) is 4.79 Å².